The van der Waals surface area contributed by atoms with E-state index in [2.05, 4.69) is 66.7 Å². The Kier molecular flexibility index (Phi) is 3.04. The van der Waals surface area contributed by atoms with Crippen LogP contribution in [0.3, 0.4) is 0 Å². The Morgan fingerprint density at radius 2 is 1.38 bits per heavy atom. The number of hydrogen-bond acceptors (Lipinski definition) is 1. The molecular formula is C20H17N. The molecule has 4 rings (SSSR count). The van der Waals surface area contributed by atoms with Crippen LogP contribution >= 0.6 is 0 Å². The minimum atomic E-state index is 1.09. The Morgan fingerprint density at radius 1 is 0.714 bits per heavy atom. The van der Waals surface area contributed by atoms with Gasteiger partial charge in [0, 0.05) is 11.3 Å². The maximum absolute atomic E-state index is 4.91. The van der Waals surface area contributed by atoms with Crippen molar-refractivity contribution in [2.24, 2.45) is 0 Å². The van der Waals surface area contributed by atoms with Gasteiger partial charge in [-0.1, -0.05) is 60.7 Å². The summed E-state index contributed by atoms with van der Waals surface area (Å²) in [4.78, 5) is 4.91. The maximum atomic E-state index is 4.91. The number of hydrogen-bond donors (Lipinski definition) is 0. The van der Waals surface area contributed by atoms with Crippen molar-refractivity contribution in [2.45, 2.75) is 19.3 Å². The van der Waals surface area contributed by atoms with Gasteiger partial charge in [-0.05, 0) is 42.0 Å². The molecule has 0 saturated carbocycles. The van der Waals surface area contributed by atoms with E-state index in [0.29, 0.717) is 0 Å². The molecule has 2 aromatic carbocycles. The summed E-state index contributed by atoms with van der Waals surface area (Å²) >= 11 is 0. The van der Waals surface area contributed by atoms with Gasteiger partial charge in [0.1, 0.15) is 0 Å². The van der Waals surface area contributed by atoms with Crippen LogP contribution in [0.4, 0.5) is 0 Å². The number of aryl methyl sites for hydroxylation is 1. The first-order valence-corrected chi connectivity index (χ1v) is 7.55. The van der Waals surface area contributed by atoms with Crippen LogP contribution in [0.1, 0.15) is 17.7 Å². The van der Waals surface area contributed by atoms with Crippen molar-refractivity contribution in [2.75, 3.05) is 0 Å². The number of benzene rings is 2. The van der Waals surface area contributed by atoms with E-state index in [-0.39, 0.29) is 0 Å². The second-order valence-corrected chi connectivity index (χ2v) is 5.57. The van der Waals surface area contributed by atoms with Gasteiger partial charge in [0.2, 0.25) is 0 Å². The highest BCUT2D eigenvalue weighted by atomic mass is 14.7. The van der Waals surface area contributed by atoms with Crippen LogP contribution in [0.15, 0.2) is 66.7 Å². The molecule has 0 spiro atoms. The summed E-state index contributed by atoms with van der Waals surface area (Å²) in [6, 6.07) is 23.4. The second-order valence-electron chi connectivity index (χ2n) is 5.57. The summed E-state index contributed by atoms with van der Waals surface area (Å²) < 4.78 is 0. The third-order valence-corrected chi connectivity index (χ3v) is 4.20. The highest BCUT2D eigenvalue weighted by molar-refractivity contribution is 5.74. The van der Waals surface area contributed by atoms with Crippen molar-refractivity contribution < 1.29 is 0 Å². The number of nitrogens with zero attached hydrogens (tertiary/aromatic N) is 1. The van der Waals surface area contributed by atoms with Gasteiger partial charge in [-0.3, -0.25) is 4.98 Å². The first-order valence-electron chi connectivity index (χ1n) is 7.55. The summed E-state index contributed by atoms with van der Waals surface area (Å²) in [5, 5.41) is 0. The zero-order valence-corrected chi connectivity index (χ0v) is 11.9. The van der Waals surface area contributed by atoms with Crippen molar-refractivity contribution in [3.8, 4) is 22.4 Å². The Balaban J connectivity index is 1.92. The Labute approximate surface area is 125 Å². The largest absolute Gasteiger partial charge is 0.253 e. The van der Waals surface area contributed by atoms with E-state index >= 15 is 0 Å². The molecule has 1 nitrogen and oxygen atoms in total. The lowest BCUT2D eigenvalue weighted by atomic mass is 9.97. The Hall–Kier alpha value is -2.41. The topological polar surface area (TPSA) is 12.9 Å². The van der Waals surface area contributed by atoms with E-state index in [9.17, 15) is 0 Å². The molecule has 1 aliphatic carbocycles. The van der Waals surface area contributed by atoms with Gasteiger partial charge in [-0.2, -0.15) is 0 Å². The van der Waals surface area contributed by atoms with Crippen LogP contribution in [0, 0.1) is 0 Å². The maximum Gasteiger partial charge on any atom is 0.0711 e. The van der Waals surface area contributed by atoms with Crippen LogP contribution < -0.4 is 0 Å². The number of fused-ring (bicyclic) bond motifs is 1. The van der Waals surface area contributed by atoms with E-state index < -0.39 is 0 Å². The normalized spacial score (nSPS) is 13.1. The fourth-order valence-electron chi connectivity index (χ4n) is 3.17. The average molecular weight is 271 g/mol. The van der Waals surface area contributed by atoms with E-state index in [1.54, 1.807) is 0 Å². The fourth-order valence-corrected chi connectivity index (χ4v) is 3.17. The highest BCUT2D eigenvalue weighted by Gasteiger charge is 2.19. The predicted molar refractivity (Wildman–Crippen MR) is 87.1 cm³/mol. The van der Waals surface area contributed by atoms with Crippen LogP contribution in [-0.2, 0) is 12.8 Å². The average Bonchev–Trinajstić information content (AvgIpc) is 3.04. The molecule has 1 heterocycles. The van der Waals surface area contributed by atoms with E-state index in [1.807, 2.05) is 0 Å². The molecule has 0 N–H and O–H groups in total. The summed E-state index contributed by atoms with van der Waals surface area (Å²) in [5.41, 5.74) is 7.68. The van der Waals surface area contributed by atoms with Gasteiger partial charge in [0.15, 0.2) is 0 Å². The van der Waals surface area contributed by atoms with Gasteiger partial charge >= 0.3 is 0 Å². The summed E-state index contributed by atoms with van der Waals surface area (Å²) in [6.45, 7) is 0. The molecule has 0 atom stereocenters. The third kappa shape index (κ3) is 2.25. The first kappa shape index (κ1) is 12.3. The molecular weight excluding hydrogens is 254 g/mol. The molecule has 1 heteroatoms. The fraction of sp³-hybridized carbons (Fsp3) is 0.150. The van der Waals surface area contributed by atoms with Gasteiger partial charge in [-0.25, -0.2) is 0 Å². The van der Waals surface area contributed by atoms with E-state index in [4.69, 9.17) is 4.98 Å². The SMILES string of the molecule is c1ccc(-c2cc(-c3ccccc3)c3c(n2)CCC3)cc1. The van der Waals surface area contributed by atoms with Crippen molar-refractivity contribution in [3.05, 3.63) is 78.0 Å². The first-order chi connectivity index (χ1) is 10.4. The zero-order chi connectivity index (χ0) is 14.1. The van der Waals surface area contributed by atoms with Crippen LogP contribution in [-0.4, -0.2) is 4.98 Å². The molecule has 102 valence electrons. The molecule has 0 radical (unpaired) electrons. The smallest absolute Gasteiger partial charge is 0.0711 e. The quantitative estimate of drug-likeness (QED) is 0.645. The number of pyridine rings is 1. The van der Waals surface area contributed by atoms with Crippen LogP contribution in [0.5, 0.6) is 0 Å². The Bertz CT molecular complexity index is 761. The molecule has 1 aliphatic rings. The highest BCUT2D eigenvalue weighted by Crippen LogP contribution is 2.34. The minimum absolute atomic E-state index is 1.09. The molecule has 0 amide bonds. The lowest BCUT2D eigenvalue weighted by molar-refractivity contribution is 0.900. The van der Waals surface area contributed by atoms with Gasteiger partial charge < -0.3 is 0 Å². The van der Waals surface area contributed by atoms with E-state index in [0.717, 1.165) is 18.5 Å². The monoisotopic (exact) mass is 271 g/mol. The van der Waals surface area contributed by atoms with Crippen molar-refractivity contribution in [1.29, 1.82) is 0 Å². The second kappa shape index (κ2) is 5.17. The molecule has 0 fully saturated rings. The molecule has 0 aliphatic heterocycles. The minimum Gasteiger partial charge on any atom is -0.253 e. The summed E-state index contributed by atoms with van der Waals surface area (Å²) in [5.74, 6) is 0. The number of aromatic nitrogens is 1. The molecule has 0 unspecified atom stereocenters. The van der Waals surface area contributed by atoms with E-state index in [1.165, 1.54) is 34.4 Å². The van der Waals surface area contributed by atoms with Gasteiger partial charge in [0.25, 0.3) is 0 Å². The van der Waals surface area contributed by atoms with Crippen LogP contribution in [0.25, 0.3) is 22.4 Å². The lowest BCUT2D eigenvalue weighted by Gasteiger charge is -2.11. The summed E-state index contributed by atoms with van der Waals surface area (Å²) in [7, 11) is 0. The van der Waals surface area contributed by atoms with Crippen molar-refractivity contribution in [3.63, 3.8) is 0 Å². The summed E-state index contributed by atoms with van der Waals surface area (Å²) in [6.07, 6.45) is 3.48. The third-order valence-electron chi connectivity index (χ3n) is 4.20. The molecule has 3 aromatic rings. The molecule has 0 saturated heterocycles. The zero-order valence-electron chi connectivity index (χ0n) is 11.9. The standard InChI is InChI=1S/C20H17N/c1-3-8-15(9-4-1)18-14-20(16-10-5-2-6-11-16)21-19-13-7-12-17(18)19/h1-6,8-11,14H,7,12-13H2. The number of rotatable bonds is 2. The lowest BCUT2D eigenvalue weighted by Crippen LogP contribution is -1.95. The molecule has 1 aromatic heterocycles. The Morgan fingerprint density at radius 3 is 2.10 bits per heavy atom. The molecule has 0 bridgehead atoms. The van der Waals surface area contributed by atoms with Gasteiger partial charge in [0.05, 0.1) is 5.69 Å². The van der Waals surface area contributed by atoms with Gasteiger partial charge in [-0.15, -0.1) is 0 Å². The van der Waals surface area contributed by atoms with Crippen LogP contribution in [0.2, 0.25) is 0 Å². The van der Waals surface area contributed by atoms with Crippen molar-refractivity contribution >= 4 is 0 Å². The molecule has 21 heavy (non-hydrogen) atoms. The predicted octanol–water partition coefficient (Wildman–Crippen LogP) is 4.90. The van der Waals surface area contributed by atoms with Crippen molar-refractivity contribution in [1.82, 2.24) is 4.98 Å².